The summed E-state index contributed by atoms with van der Waals surface area (Å²) in [6.07, 6.45) is -0.0363. The molecular weight excluding hydrogens is 364 g/mol. The predicted octanol–water partition coefficient (Wildman–Crippen LogP) is 4.83. The van der Waals surface area contributed by atoms with Gasteiger partial charge in [-0.15, -0.1) is 0 Å². The standard InChI is InChI=1S/C16H23BrN2O4/c1-10-12(8-11(17)9-18-10)19(13(20)22-15(2,3)4)14(21)23-16(5,6)7/h8-9H,1-7H3. The number of amides is 2. The lowest BCUT2D eigenvalue weighted by Crippen LogP contribution is -2.44. The molecule has 7 heteroatoms. The Labute approximate surface area is 145 Å². The number of pyridine rings is 1. The Bertz CT molecular complexity index is 575. The molecule has 0 unspecified atom stereocenters. The molecule has 0 aliphatic heterocycles. The predicted molar refractivity (Wildman–Crippen MR) is 91.6 cm³/mol. The lowest BCUT2D eigenvalue weighted by Gasteiger charge is -2.29. The molecule has 1 rings (SSSR count). The molecule has 0 radical (unpaired) electrons. The van der Waals surface area contributed by atoms with Gasteiger partial charge in [0.25, 0.3) is 0 Å². The number of hydrogen-bond acceptors (Lipinski definition) is 5. The molecule has 6 nitrogen and oxygen atoms in total. The fourth-order valence-electron chi connectivity index (χ4n) is 1.61. The number of aryl methyl sites for hydroxylation is 1. The Morgan fingerprint density at radius 3 is 1.87 bits per heavy atom. The van der Waals surface area contributed by atoms with Gasteiger partial charge >= 0.3 is 12.2 Å². The summed E-state index contributed by atoms with van der Waals surface area (Å²) in [5.74, 6) is 0. The minimum atomic E-state index is -0.810. The topological polar surface area (TPSA) is 68.7 Å². The molecule has 128 valence electrons. The van der Waals surface area contributed by atoms with E-state index in [4.69, 9.17) is 9.47 Å². The van der Waals surface area contributed by atoms with Crippen molar-refractivity contribution < 1.29 is 19.1 Å². The van der Waals surface area contributed by atoms with E-state index in [1.54, 1.807) is 60.7 Å². The van der Waals surface area contributed by atoms with Gasteiger partial charge in [-0.1, -0.05) is 0 Å². The third kappa shape index (κ3) is 6.17. The summed E-state index contributed by atoms with van der Waals surface area (Å²) >= 11 is 3.29. The van der Waals surface area contributed by atoms with Crippen molar-refractivity contribution in [3.05, 3.63) is 22.4 Å². The zero-order chi connectivity index (χ0) is 18.0. The Kier molecular flexibility index (Phi) is 5.79. The van der Waals surface area contributed by atoms with Crippen LogP contribution in [0.25, 0.3) is 0 Å². The van der Waals surface area contributed by atoms with Crippen LogP contribution in [0, 0.1) is 6.92 Å². The molecule has 0 atom stereocenters. The van der Waals surface area contributed by atoms with Crippen LogP contribution in [0.1, 0.15) is 47.2 Å². The number of halogens is 1. The highest BCUT2D eigenvalue weighted by molar-refractivity contribution is 9.10. The lowest BCUT2D eigenvalue weighted by molar-refractivity contribution is 0.0430. The minimum Gasteiger partial charge on any atom is -0.443 e. The van der Waals surface area contributed by atoms with Crippen LogP contribution in [-0.2, 0) is 9.47 Å². The van der Waals surface area contributed by atoms with E-state index in [9.17, 15) is 9.59 Å². The smallest absolute Gasteiger partial charge is 0.424 e. The van der Waals surface area contributed by atoms with E-state index in [0.29, 0.717) is 15.9 Å². The van der Waals surface area contributed by atoms with Crippen LogP contribution in [0.3, 0.4) is 0 Å². The van der Waals surface area contributed by atoms with E-state index in [2.05, 4.69) is 20.9 Å². The summed E-state index contributed by atoms with van der Waals surface area (Å²) in [6, 6.07) is 1.62. The largest absolute Gasteiger partial charge is 0.443 e. The monoisotopic (exact) mass is 386 g/mol. The van der Waals surface area contributed by atoms with E-state index in [1.165, 1.54) is 0 Å². The van der Waals surface area contributed by atoms with Crippen LogP contribution in [0.4, 0.5) is 15.3 Å². The maximum Gasteiger partial charge on any atom is 0.424 e. The average Bonchev–Trinajstić information content (AvgIpc) is 2.29. The maximum atomic E-state index is 12.5. The van der Waals surface area contributed by atoms with Crippen LogP contribution in [-0.4, -0.2) is 28.4 Å². The second kappa shape index (κ2) is 6.86. The van der Waals surface area contributed by atoms with Gasteiger partial charge in [-0.05, 0) is 70.5 Å². The first-order valence-corrected chi connectivity index (χ1v) is 7.98. The van der Waals surface area contributed by atoms with Gasteiger partial charge in [0.1, 0.15) is 11.2 Å². The van der Waals surface area contributed by atoms with Crippen molar-refractivity contribution in [3.63, 3.8) is 0 Å². The molecule has 2 amide bonds. The van der Waals surface area contributed by atoms with Gasteiger partial charge in [-0.3, -0.25) is 4.98 Å². The van der Waals surface area contributed by atoms with Gasteiger partial charge in [-0.25, -0.2) is 9.59 Å². The highest BCUT2D eigenvalue weighted by atomic mass is 79.9. The summed E-state index contributed by atoms with van der Waals surface area (Å²) in [4.78, 5) is 30.0. The zero-order valence-electron chi connectivity index (χ0n) is 14.6. The van der Waals surface area contributed by atoms with E-state index < -0.39 is 23.4 Å². The first-order valence-electron chi connectivity index (χ1n) is 7.18. The molecule has 0 aliphatic carbocycles. The van der Waals surface area contributed by atoms with Crippen molar-refractivity contribution in [1.29, 1.82) is 0 Å². The third-order valence-corrected chi connectivity index (χ3v) is 2.85. The molecule has 0 fully saturated rings. The molecule has 0 saturated carbocycles. The van der Waals surface area contributed by atoms with E-state index in [1.807, 2.05) is 0 Å². The van der Waals surface area contributed by atoms with Gasteiger partial charge in [0.15, 0.2) is 0 Å². The maximum absolute atomic E-state index is 12.5. The summed E-state index contributed by atoms with van der Waals surface area (Å²) in [7, 11) is 0. The highest BCUT2D eigenvalue weighted by Crippen LogP contribution is 2.26. The zero-order valence-corrected chi connectivity index (χ0v) is 16.1. The third-order valence-electron chi connectivity index (χ3n) is 2.42. The van der Waals surface area contributed by atoms with Crippen molar-refractivity contribution in [2.75, 3.05) is 4.90 Å². The molecular formula is C16H23BrN2O4. The number of carbonyl (C=O) groups is 2. The number of anilines is 1. The normalized spacial score (nSPS) is 11.8. The van der Waals surface area contributed by atoms with Crippen molar-refractivity contribution in [2.24, 2.45) is 0 Å². The Morgan fingerprint density at radius 1 is 1.04 bits per heavy atom. The number of aromatic nitrogens is 1. The number of nitrogens with zero attached hydrogens (tertiary/aromatic N) is 2. The highest BCUT2D eigenvalue weighted by Gasteiger charge is 2.33. The number of ether oxygens (including phenoxy) is 2. The average molecular weight is 387 g/mol. The molecule has 1 heterocycles. The number of imide groups is 1. The molecule has 23 heavy (non-hydrogen) atoms. The van der Waals surface area contributed by atoms with E-state index in [0.717, 1.165) is 4.90 Å². The fraction of sp³-hybridized carbons (Fsp3) is 0.562. The summed E-state index contributed by atoms with van der Waals surface area (Å²) < 4.78 is 11.3. The molecule has 0 spiro atoms. The van der Waals surface area contributed by atoms with Crippen LogP contribution in [0.5, 0.6) is 0 Å². The van der Waals surface area contributed by atoms with Crippen LogP contribution >= 0.6 is 15.9 Å². The second-order valence-corrected chi connectivity index (χ2v) is 7.97. The van der Waals surface area contributed by atoms with Gasteiger partial charge in [0.2, 0.25) is 0 Å². The van der Waals surface area contributed by atoms with Crippen LogP contribution < -0.4 is 4.90 Å². The van der Waals surface area contributed by atoms with Crippen LogP contribution in [0.15, 0.2) is 16.7 Å². The summed E-state index contributed by atoms with van der Waals surface area (Å²) in [5, 5.41) is 0. The summed E-state index contributed by atoms with van der Waals surface area (Å²) in [6.45, 7) is 12.1. The number of hydrogen-bond donors (Lipinski definition) is 0. The van der Waals surface area contributed by atoms with Crippen molar-refractivity contribution >= 4 is 33.8 Å². The Balaban J connectivity index is 3.28. The molecule has 0 saturated heterocycles. The molecule has 1 aromatic heterocycles. The molecule has 0 bridgehead atoms. The molecule has 0 aromatic carbocycles. The van der Waals surface area contributed by atoms with Crippen LogP contribution in [0.2, 0.25) is 0 Å². The van der Waals surface area contributed by atoms with Gasteiger partial charge < -0.3 is 9.47 Å². The van der Waals surface area contributed by atoms with Gasteiger partial charge in [0.05, 0.1) is 11.4 Å². The first kappa shape index (κ1) is 19.4. The SMILES string of the molecule is Cc1ncc(Br)cc1N(C(=O)OC(C)(C)C)C(=O)OC(C)(C)C. The van der Waals surface area contributed by atoms with Crippen molar-refractivity contribution in [2.45, 2.75) is 59.7 Å². The second-order valence-electron chi connectivity index (χ2n) is 7.05. The molecule has 0 aliphatic rings. The fourth-order valence-corrected chi connectivity index (χ4v) is 1.93. The van der Waals surface area contributed by atoms with Crippen molar-refractivity contribution in [3.8, 4) is 0 Å². The van der Waals surface area contributed by atoms with E-state index in [-0.39, 0.29) is 0 Å². The minimum absolute atomic E-state index is 0.308. The molecule has 0 N–H and O–H groups in total. The summed E-state index contributed by atoms with van der Waals surface area (Å²) in [5.41, 5.74) is -0.678. The van der Waals surface area contributed by atoms with Gasteiger partial charge in [0, 0.05) is 10.7 Å². The Hall–Kier alpha value is -1.63. The Morgan fingerprint density at radius 2 is 1.48 bits per heavy atom. The first-order chi connectivity index (χ1) is 10.3. The number of carbonyl (C=O) groups excluding carboxylic acids is 2. The number of rotatable bonds is 1. The quantitative estimate of drug-likeness (QED) is 0.691. The lowest BCUT2D eigenvalue weighted by atomic mass is 10.2. The van der Waals surface area contributed by atoms with Gasteiger partial charge in [-0.2, -0.15) is 4.90 Å². The van der Waals surface area contributed by atoms with Crippen molar-refractivity contribution in [1.82, 2.24) is 4.98 Å². The molecule has 1 aromatic rings. The van der Waals surface area contributed by atoms with E-state index >= 15 is 0 Å².